The summed E-state index contributed by atoms with van der Waals surface area (Å²) in [6.45, 7) is 3.80. The molecule has 1 heterocycles. The molecule has 0 saturated heterocycles. The predicted octanol–water partition coefficient (Wildman–Crippen LogP) is 2.85. The molecular weight excluding hydrogens is 236 g/mol. The van der Waals surface area contributed by atoms with Gasteiger partial charge in [-0.15, -0.1) is 11.6 Å². The molecule has 2 aromatic rings. The molecule has 0 aliphatic heterocycles. The van der Waals surface area contributed by atoms with E-state index in [1.807, 2.05) is 13.0 Å². The van der Waals surface area contributed by atoms with Gasteiger partial charge in [0.1, 0.15) is 5.52 Å². The average molecular weight is 253 g/mol. The van der Waals surface area contributed by atoms with Gasteiger partial charge in [0.25, 0.3) is 0 Å². The fourth-order valence-electron chi connectivity index (χ4n) is 1.82. The van der Waals surface area contributed by atoms with Gasteiger partial charge < -0.3 is 9.32 Å². The van der Waals surface area contributed by atoms with Crippen LogP contribution in [0.2, 0.25) is 0 Å². The molecule has 0 unspecified atom stereocenters. The Bertz CT molecular complexity index is 495. The molecule has 17 heavy (non-hydrogen) atoms. The summed E-state index contributed by atoms with van der Waals surface area (Å²) in [5.74, 6) is 1.40. The monoisotopic (exact) mass is 252 g/mol. The molecule has 0 N–H and O–H groups in total. The standard InChI is InChI=1S/C13H17ClN2O/c1-10-15-12-4-3-11(9-13(12)17-10)5-7-16(2)8-6-14/h3-4,9H,5-8H2,1-2H3. The van der Waals surface area contributed by atoms with Gasteiger partial charge in [0, 0.05) is 25.9 Å². The van der Waals surface area contributed by atoms with Crippen molar-refractivity contribution < 1.29 is 4.42 Å². The fourth-order valence-corrected chi connectivity index (χ4v) is 2.10. The van der Waals surface area contributed by atoms with E-state index in [1.54, 1.807) is 0 Å². The molecule has 0 fully saturated rings. The van der Waals surface area contributed by atoms with E-state index in [2.05, 4.69) is 29.1 Å². The third-order valence-electron chi connectivity index (χ3n) is 2.81. The number of rotatable bonds is 5. The maximum absolute atomic E-state index is 5.69. The first kappa shape index (κ1) is 12.4. The Kier molecular flexibility index (Phi) is 4.02. The lowest BCUT2D eigenvalue weighted by Crippen LogP contribution is -2.23. The van der Waals surface area contributed by atoms with Crippen molar-refractivity contribution >= 4 is 22.7 Å². The molecule has 2 rings (SSSR count). The van der Waals surface area contributed by atoms with Crippen LogP contribution in [0.3, 0.4) is 0 Å². The summed E-state index contributed by atoms with van der Waals surface area (Å²) in [6.07, 6.45) is 1.00. The first-order valence-corrected chi connectivity index (χ1v) is 6.33. The van der Waals surface area contributed by atoms with Gasteiger partial charge >= 0.3 is 0 Å². The number of likely N-dealkylation sites (N-methyl/N-ethyl adjacent to an activating group) is 1. The van der Waals surface area contributed by atoms with E-state index >= 15 is 0 Å². The number of halogens is 1. The molecule has 0 atom stereocenters. The topological polar surface area (TPSA) is 29.3 Å². The Morgan fingerprint density at radius 2 is 2.18 bits per heavy atom. The third-order valence-corrected chi connectivity index (χ3v) is 2.98. The summed E-state index contributed by atoms with van der Waals surface area (Å²) in [6, 6.07) is 6.20. The Hall–Kier alpha value is -1.06. The Morgan fingerprint density at radius 1 is 1.35 bits per heavy atom. The predicted molar refractivity (Wildman–Crippen MR) is 70.7 cm³/mol. The summed E-state index contributed by atoms with van der Waals surface area (Å²) in [5.41, 5.74) is 3.08. The Morgan fingerprint density at radius 3 is 2.94 bits per heavy atom. The van der Waals surface area contributed by atoms with E-state index in [9.17, 15) is 0 Å². The van der Waals surface area contributed by atoms with Crippen LogP contribution in [0.4, 0.5) is 0 Å². The number of hydrogen-bond acceptors (Lipinski definition) is 3. The summed E-state index contributed by atoms with van der Waals surface area (Å²) < 4.78 is 5.52. The number of fused-ring (bicyclic) bond motifs is 1. The number of alkyl halides is 1. The summed E-state index contributed by atoms with van der Waals surface area (Å²) in [7, 11) is 2.08. The highest BCUT2D eigenvalue weighted by Crippen LogP contribution is 2.17. The van der Waals surface area contributed by atoms with E-state index < -0.39 is 0 Å². The highest BCUT2D eigenvalue weighted by atomic mass is 35.5. The van der Waals surface area contributed by atoms with Crippen LogP contribution < -0.4 is 0 Å². The smallest absolute Gasteiger partial charge is 0.192 e. The number of aromatic nitrogens is 1. The number of hydrogen-bond donors (Lipinski definition) is 0. The molecular formula is C13H17ClN2O. The van der Waals surface area contributed by atoms with Crippen molar-refractivity contribution in [1.82, 2.24) is 9.88 Å². The van der Waals surface area contributed by atoms with Gasteiger partial charge in [0.2, 0.25) is 0 Å². The maximum Gasteiger partial charge on any atom is 0.192 e. The molecule has 1 aromatic heterocycles. The summed E-state index contributed by atoms with van der Waals surface area (Å²) in [5, 5.41) is 0. The van der Waals surface area contributed by atoms with Crippen molar-refractivity contribution in [2.24, 2.45) is 0 Å². The van der Waals surface area contributed by atoms with Crippen LogP contribution in [0.25, 0.3) is 11.1 Å². The van der Waals surface area contributed by atoms with Crippen LogP contribution in [-0.4, -0.2) is 35.9 Å². The molecule has 0 aliphatic carbocycles. The van der Waals surface area contributed by atoms with E-state index in [0.717, 1.165) is 36.5 Å². The molecule has 0 saturated carbocycles. The highest BCUT2D eigenvalue weighted by Gasteiger charge is 2.04. The lowest BCUT2D eigenvalue weighted by atomic mass is 10.1. The number of aryl methyl sites for hydroxylation is 1. The van der Waals surface area contributed by atoms with Crippen LogP contribution in [0.15, 0.2) is 22.6 Å². The van der Waals surface area contributed by atoms with Gasteiger partial charge in [0.05, 0.1) is 0 Å². The second kappa shape index (κ2) is 5.52. The van der Waals surface area contributed by atoms with E-state index in [4.69, 9.17) is 16.0 Å². The zero-order valence-electron chi connectivity index (χ0n) is 10.2. The second-order valence-electron chi connectivity index (χ2n) is 4.28. The lowest BCUT2D eigenvalue weighted by molar-refractivity contribution is 0.359. The fraction of sp³-hybridized carbons (Fsp3) is 0.462. The third kappa shape index (κ3) is 3.20. The van der Waals surface area contributed by atoms with Crippen LogP contribution in [-0.2, 0) is 6.42 Å². The van der Waals surface area contributed by atoms with Crippen LogP contribution in [0.1, 0.15) is 11.5 Å². The van der Waals surface area contributed by atoms with Gasteiger partial charge in [-0.25, -0.2) is 4.98 Å². The van der Waals surface area contributed by atoms with Crippen molar-refractivity contribution in [2.75, 3.05) is 26.0 Å². The Labute approximate surface area is 106 Å². The molecule has 0 bridgehead atoms. The molecule has 0 aliphatic rings. The molecule has 0 spiro atoms. The van der Waals surface area contributed by atoms with Crippen LogP contribution >= 0.6 is 11.6 Å². The van der Waals surface area contributed by atoms with Crippen molar-refractivity contribution in [3.05, 3.63) is 29.7 Å². The van der Waals surface area contributed by atoms with Crippen molar-refractivity contribution in [2.45, 2.75) is 13.3 Å². The summed E-state index contributed by atoms with van der Waals surface area (Å²) >= 11 is 5.69. The van der Waals surface area contributed by atoms with E-state index in [0.29, 0.717) is 5.88 Å². The van der Waals surface area contributed by atoms with Gasteiger partial charge in [-0.05, 0) is 31.2 Å². The minimum Gasteiger partial charge on any atom is -0.441 e. The van der Waals surface area contributed by atoms with E-state index in [1.165, 1.54) is 5.56 Å². The van der Waals surface area contributed by atoms with Crippen LogP contribution in [0, 0.1) is 6.92 Å². The van der Waals surface area contributed by atoms with Crippen molar-refractivity contribution in [3.8, 4) is 0 Å². The molecule has 92 valence electrons. The van der Waals surface area contributed by atoms with Gasteiger partial charge in [-0.3, -0.25) is 0 Å². The first-order chi connectivity index (χ1) is 8.19. The first-order valence-electron chi connectivity index (χ1n) is 5.79. The quantitative estimate of drug-likeness (QED) is 0.767. The number of oxazole rings is 1. The minimum atomic E-state index is 0.677. The zero-order valence-corrected chi connectivity index (χ0v) is 11.0. The highest BCUT2D eigenvalue weighted by molar-refractivity contribution is 6.18. The second-order valence-corrected chi connectivity index (χ2v) is 4.66. The van der Waals surface area contributed by atoms with Crippen LogP contribution in [0.5, 0.6) is 0 Å². The van der Waals surface area contributed by atoms with Crippen molar-refractivity contribution in [3.63, 3.8) is 0 Å². The largest absolute Gasteiger partial charge is 0.441 e. The lowest BCUT2D eigenvalue weighted by Gasteiger charge is -2.14. The molecule has 4 heteroatoms. The zero-order chi connectivity index (χ0) is 12.3. The average Bonchev–Trinajstić information content (AvgIpc) is 2.66. The minimum absolute atomic E-state index is 0.677. The molecule has 0 amide bonds. The van der Waals surface area contributed by atoms with E-state index in [-0.39, 0.29) is 0 Å². The maximum atomic E-state index is 5.69. The van der Waals surface area contributed by atoms with Crippen molar-refractivity contribution in [1.29, 1.82) is 0 Å². The number of benzene rings is 1. The Balaban J connectivity index is 2.03. The normalized spacial score (nSPS) is 11.5. The summed E-state index contributed by atoms with van der Waals surface area (Å²) in [4.78, 5) is 6.51. The molecule has 1 aromatic carbocycles. The van der Waals surface area contributed by atoms with Gasteiger partial charge in [-0.2, -0.15) is 0 Å². The van der Waals surface area contributed by atoms with Gasteiger partial charge in [0.15, 0.2) is 11.5 Å². The molecule has 3 nitrogen and oxygen atoms in total. The van der Waals surface area contributed by atoms with Gasteiger partial charge in [-0.1, -0.05) is 6.07 Å². The SMILES string of the molecule is Cc1nc2ccc(CCN(C)CCCl)cc2o1. The number of nitrogens with zero attached hydrogens (tertiary/aromatic N) is 2. The molecule has 0 radical (unpaired) electrons.